The molecule has 8 aromatic rings. The number of fused-ring (bicyclic) bond motifs is 6. The number of benzene rings is 4. The van der Waals surface area contributed by atoms with E-state index in [9.17, 15) is 10.5 Å². The molecule has 0 bridgehead atoms. The molecule has 4 heterocycles. The fraction of sp³-hybridized carbons (Fsp3) is 0.320. The van der Waals surface area contributed by atoms with Gasteiger partial charge in [-0.05, 0) is 73.2 Å². The van der Waals surface area contributed by atoms with Gasteiger partial charge in [0.1, 0.15) is 12.1 Å². The number of hydrogen-bond donors (Lipinski definition) is 0. The van der Waals surface area contributed by atoms with Gasteiger partial charge in [-0.1, -0.05) is 115 Å². The summed E-state index contributed by atoms with van der Waals surface area (Å²) >= 11 is 0. The number of nitrogens with zero attached hydrogens (tertiary/aromatic N) is 8. The summed E-state index contributed by atoms with van der Waals surface area (Å²) in [5.41, 5.74) is 8.74. The van der Waals surface area contributed by atoms with Crippen molar-refractivity contribution in [3.8, 4) is 46.0 Å². The van der Waals surface area contributed by atoms with Crippen LogP contribution in [0, 0.1) is 34.5 Å². The quantitative estimate of drug-likeness (QED) is 0.103. The second-order valence-corrected chi connectivity index (χ2v) is 15.7. The summed E-state index contributed by atoms with van der Waals surface area (Å²) in [5.74, 6) is 1.28. The number of para-hydroxylation sites is 2. The molecule has 0 aliphatic heterocycles. The van der Waals surface area contributed by atoms with E-state index in [0.717, 1.165) is 47.8 Å². The highest BCUT2D eigenvalue weighted by Crippen LogP contribution is 2.37. The van der Waals surface area contributed by atoms with Crippen LogP contribution in [0.2, 0.25) is 0 Å². The zero-order valence-corrected chi connectivity index (χ0v) is 34.0. The maximum Gasteiger partial charge on any atom is 0.233 e. The van der Waals surface area contributed by atoms with E-state index in [1.165, 1.54) is 71.4 Å². The van der Waals surface area contributed by atoms with Crippen LogP contribution in [0.5, 0.6) is 0 Å². The van der Waals surface area contributed by atoms with Gasteiger partial charge in [-0.3, -0.25) is 0 Å². The smallest absolute Gasteiger partial charge is 0.233 e. The van der Waals surface area contributed by atoms with Crippen LogP contribution in [-0.4, -0.2) is 29.1 Å². The molecular formula is C50H50N8. The number of unbranched alkanes of at least 4 members (excludes halogenated alkanes) is 2. The minimum atomic E-state index is 0.0361. The largest absolute Gasteiger partial charge is 0.340 e. The topological polar surface area (TPSA) is 109 Å². The molecule has 0 radical (unpaired) electrons. The predicted octanol–water partition coefficient (Wildman–Crippen LogP) is 12.7. The van der Waals surface area contributed by atoms with Gasteiger partial charge in [-0.25, -0.2) is 19.9 Å². The maximum atomic E-state index is 10.1. The Bertz CT molecular complexity index is 2650. The molecule has 0 fully saturated rings. The van der Waals surface area contributed by atoms with Crippen molar-refractivity contribution in [1.82, 2.24) is 29.1 Å². The van der Waals surface area contributed by atoms with E-state index in [1.807, 2.05) is 12.1 Å². The van der Waals surface area contributed by atoms with E-state index in [2.05, 4.69) is 154 Å². The molecule has 0 N–H and O–H groups in total. The zero-order chi connectivity index (χ0) is 40.2. The lowest BCUT2D eigenvalue weighted by atomic mass is 9.99. The Morgan fingerprint density at radius 3 is 1.28 bits per heavy atom. The summed E-state index contributed by atoms with van der Waals surface area (Å²) in [6.45, 7) is 11.0. The first-order chi connectivity index (χ1) is 28.5. The molecule has 0 spiro atoms. The summed E-state index contributed by atoms with van der Waals surface area (Å²) in [4.78, 5) is 18.6. The molecule has 8 nitrogen and oxygen atoms in total. The molecule has 0 aliphatic rings. The van der Waals surface area contributed by atoms with Crippen LogP contribution in [0.3, 0.4) is 0 Å². The molecule has 2 unspecified atom stereocenters. The van der Waals surface area contributed by atoms with Crippen LogP contribution < -0.4 is 0 Å². The first-order valence-electron chi connectivity index (χ1n) is 21.1. The molecule has 4 aromatic heterocycles. The molecule has 0 saturated carbocycles. The molecule has 0 saturated heterocycles. The van der Waals surface area contributed by atoms with Crippen LogP contribution in [0.15, 0.2) is 97.1 Å². The van der Waals surface area contributed by atoms with Crippen LogP contribution in [0.1, 0.15) is 90.7 Å². The third-order valence-electron chi connectivity index (χ3n) is 12.0. The highest BCUT2D eigenvalue weighted by atomic mass is 15.0. The molecular weight excluding hydrogens is 713 g/mol. The van der Waals surface area contributed by atoms with Crippen molar-refractivity contribution in [2.45, 2.75) is 92.2 Å². The number of nitriles is 2. The predicted molar refractivity (Wildman–Crippen MR) is 236 cm³/mol. The van der Waals surface area contributed by atoms with E-state index >= 15 is 0 Å². The Balaban J connectivity index is 1.20. The molecule has 8 heteroatoms. The Kier molecular flexibility index (Phi) is 11.3. The SMILES string of the molecule is CCCCC(CC)Cn1c2ccccc2c2cc(-c3cc(-c4cc(-c5ccc6c(c5)c5ccccc5n6CC(CC)CCCC)nc(C#N)n4)nc(C#N)n3)ccc21. The van der Waals surface area contributed by atoms with Crippen LogP contribution in [0.4, 0.5) is 0 Å². The van der Waals surface area contributed by atoms with E-state index in [-0.39, 0.29) is 11.6 Å². The standard InChI is InChI=1S/C50H50N8/c1-5-9-15-33(7-3)31-57-45-19-13-11-17-37(45)39-25-35(21-23-47(39)57)41-27-43(55-49(29-51)53-41)44-28-42(54-50(30-52)56-44)36-22-24-48-40(26-36)38-18-12-14-20-46(38)58(48)32-34(8-4)16-10-6-2/h11-14,17-28,33-34H,5-10,15-16,31-32H2,1-4H3. The van der Waals surface area contributed by atoms with Gasteiger partial charge in [0.25, 0.3) is 0 Å². The summed E-state index contributed by atoms with van der Waals surface area (Å²) < 4.78 is 4.95. The van der Waals surface area contributed by atoms with E-state index < -0.39 is 0 Å². The lowest BCUT2D eigenvalue weighted by molar-refractivity contribution is 0.401. The monoisotopic (exact) mass is 762 g/mol. The van der Waals surface area contributed by atoms with Gasteiger partial charge < -0.3 is 9.13 Å². The average Bonchev–Trinajstić information content (AvgIpc) is 3.76. The van der Waals surface area contributed by atoms with Crippen molar-refractivity contribution < 1.29 is 0 Å². The van der Waals surface area contributed by atoms with Crippen LogP contribution >= 0.6 is 0 Å². The second-order valence-electron chi connectivity index (χ2n) is 15.7. The molecule has 58 heavy (non-hydrogen) atoms. The van der Waals surface area contributed by atoms with Crippen molar-refractivity contribution in [1.29, 1.82) is 10.5 Å². The van der Waals surface area contributed by atoms with Crippen molar-refractivity contribution in [2.24, 2.45) is 11.8 Å². The Labute approximate surface area is 340 Å². The Morgan fingerprint density at radius 1 is 0.483 bits per heavy atom. The van der Waals surface area contributed by atoms with Crippen molar-refractivity contribution >= 4 is 43.6 Å². The van der Waals surface area contributed by atoms with Gasteiger partial charge in [0.05, 0.1) is 22.8 Å². The normalized spacial score (nSPS) is 12.7. The van der Waals surface area contributed by atoms with Crippen molar-refractivity contribution in [3.05, 3.63) is 109 Å². The zero-order valence-electron chi connectivity index (χ0n) is 34.0. The second kappa shape index (κ2) is 17.0. The first kappa shape index (κ1) is 38.5. The van der Waals surface area contributed by atoms with Crippen LogP contribution in [-0.2, 0) is 13.1 Å². The summed E-state index contributed by atoms with van der Waals surface area (Å²) in [7, 11) is 0. The van der Waals surface area contributed by atoms with Gasteiger partial charge >= 0.3 is 0 Å². The summed E-state index contributed by atoms with van der Waals surface area (Å²) in [6, 6.07) is 38.2. The van der Waals surface area contributed by atoms with Gasteiger partial charge in [-0.15, -0.1) is 0 Å². The molecule has 2 atom stereocenters. The lowest BCUT2D eigenvalue weighted by Crippen LogP contribution is -2.10. The molecule has 8 rings (SSSR count). The van der Waals surface area contributed by atoms with Gasteiger partial charge in [0.15, 0.2) is 0 Å². The molecule has 4 aromatic carbocycles. The fourth-order valence-electron chi connectivity index (χ4n) is 8.72. The molecule has 0 aliphatic carbocycles. The van der Waals surface area contributed by atoms with E-state index in [4.69, 9.17) is 0 Å². The van der Waals surface area contributed by atoms with E-state index in [1.54, 1.807) is 0 Å². The van der Waals surface area contributed by atoms with Crippen molar-refractivity contribution in [3.63, 3.8) is 0 Å². The number of hydrogen-bond acceptors (Lipinski definition) is 6. The highest BCUT2D eigenvalue weighted by molar-refractivity contribution is 6.10. The fourth-order valence-corrected chi connectivity index (χ4v) is 8.72. The molecule has 0 amide bonds. The van der Waals surface area contributed by atoms with Gasteiger partial charge in [-0.2, -0.15) is 10.5 Å². The minimum Gasteiger partial charge on any atom is -0.340 e. The lowest BCUT2D eigenvalue weighted by Gasteiger charge is -2.17. The first-order valence-corrected chi connectivity index (χ1v) is 21.1. The maximum absolute atomic E-state index is 10.1. The number of aromatic nitrogens is 6. The van der Waals surface area contributed by atoms with Crippen molar-refractivity contribution in [2.75, 3.05) is 0 Å². The average molecular weight is 763 g/mol. The molecule has 290 valence electrons. The number of rotatable bonds is 15. The van der Waals surface area contributed by atoms with Gasteiger partial charge in [0.2, 0.25) is 11.6 Å². The van der Waals surface area contributed by atoms with Gasteiger partial charge in [0, 0.05) is 67.8 Å². The Hall–Kier alpha value is -6.38. The minimum absolute atomic E-state index is 0.0361. The van der Waals surface area contributed by atoms with E-state index in [0.29, 0.717) is 34.6 Å². The Morgan fingerprint density at radius 2 is 0.879 bits per heavy atom. The highest BCUT2D eigenvalue weighted by Gasteiger charge is 2.19. The van der Waals surface area contributed by atoms with Crippen LogP contribution in [0.25, 0.3) is 77.5 Å². The summed E-state index contributed by atoms with van der Waals surface area (Å²) in [6.07, 6.45) is 9.60. The summed E-state index contributed by atoms with van der Waals surface area (Å²) in [5, 5.41) is 25.0. The third-order valence-corrected chi connectivity index (χ3v) is 12.0. The third kappa shape index (κ3) is 7.43.